The van der Waals surface area contributed by atoms with Gasteiger partial charge in [0.05, 0.1) is 12.7 Å². The molecule has 0 radical (unpaired) electrons. The maximum atomic E-state index is 12.2. The number of phenolic OH excluding ortho intramolecular Hbond substituents is 1. The molecule has 0 spiro atoms. The van der Waals surface area contributed by atoms with Crippen LogP contribution in [-0.4, -0.2) is 24.2 Å². The minimum absolute atomic E-state index is 0.0605. The Balaban J connectivity index is 2.28. The van der Waals surface area contributed by atoms with Crippen LogP contribution in [0.3, 0.4) is 0 Å². The van der Waals surface area contributed by atoms with Crippen molar-refractivity contribution in [1.82, 2.24) is 0 Å². The summed E-state index contributed by atoms with van der Waals surface area (Å²) >= 11 is 0. The Labute approximate surface area is 133 Å². The second-order valence-corrected chi connectivity index (χ2v) is 4.72. The molecule has 0 saturated heterocycles. The molecule has 0 aliphatic carbocycles. The summed E-state index contributed by atoms with van der Waals surface area (Å²) in [5.41, 5.74) is 1.08. The van der Waals surface area contributed by atoms with Gasteiger partial charge in [0, 0.05) is 5.56 Å². The molecule has 0 saturated carbocycles. The van der Waals surface area contributed by atoms with Crippen LogP contribution in [0.15, 0.2) is 49.0 Å². The number of rotatable bonds is 5. The van der Waals surface area contributed by atoms with Crippen LogP contribution in [0.25, 0.3) is 6.08 Å². The van der Waals surface area contributed by atoms with E-state index in [1.165, 1.54) is 25.3 Å². The average Bonchev–Trinajstić information content (AvgIpc) is 2.60. The van der Waals surface area contributed by atoms with Crippen LogP contribution in [0.4, 0.5) is 0 Å². The molecule has 118 valence electrons. The van der Waals surface area contributed by atoms with E-state index in [1.54, 1.807) is 0 Å². The van der Waals surface area contributed by atoms with Crippen molar-refractivity contribution in [2.45, 2.75) is 6.61 Å². The first-order valence-corrected chi connectivity index (χ1v) is 6.85. The summed E-state index contributed by atoms with van der Waals surface area (Å²) in [6.07, 6.45) is 1.34. The van der Waals surface area contributed by atoms with Crippen molar-refractivity contribution in [3.63, 3.8) is 0 Å². The highest BCUT2D eigenvalue weighted by Gasteiger charge is 2.19. The van der Waals surface area contributed by atoms with Gasteiger partial charge >= 0.3 is 11.9 Å². The predicted molar refractivity (Wildman–Crippen MR) is 85.1 cm³/mol. The highest BCUT2D eigenvalue weighted by Crippen LogP contribution is 2.27. The van der Waals surface area contributed by atoms with Gasteiger partial charge in [-0.15, -0.1) is 0 Å². The minimum atomic E-state index is -0.736. The normalized spacial score (nSPS) is 9.96. The SMILES string of the molecule is C=Cc1cc(C(=O)OC)cc(C(=O)OCc2ccccc2)c1O. The first-order valence-electron chi connectivity index (χ1n) is 6.85. The number of ether oxygens (including phenoxy) is 2. The molecule has 23 heavy (non-hydrogen) atoms. The molecule has 0 aromatic heterocycles. The summed E-state index contributed by atoms with van der Waals surface area (Å²) in [5.74, 6) is -1.64. The fraction of sp³-hybridized carbons (Fsp3) is 0.111. The third-order valence-electron chi connectivity index (χ3n) is 3.21. The fourth-order valence-electron chi connectivity index (χ4n) is 2.00. The van der Waals surface area contributed by atoms with Crippen molar-refractivity contribution in [2.75, 3.05) is 7.11 Å². The second-order valence-electron chi connectivity index (χ2n) is 4.72. The first kappa shape index (κ1) is 16.3. The third-order valence-corrected chi connectivity index (χ3v) is 3.21. The molecule has 0 bridgehead atoms. The van der Waals surface area contributed by atoms with Crippen molar-refractivity contribution in [1.29, 1.82) is 0 Å². The maximum absolute atomic E-state index is 12.2. The van der Waals surface area contributed by atoms with Gasteiger partial charge in [-0.25, -0.2) is 9.59 Å². The van der Waals surface area contributed by atoms with Gasteiger partial charge < -0.3 is 14.6 Å². The Hall–Kier alpha value is -3.08. The number of benzene rings is 2. The van der Waals surface area contributed by atoms with Crippen molar-refractivity contribution >= 4 is 18.0 Å². The molecule has 2 aromatic rings. The molecule has 0 aliphatic rings. The molecule has 0 atom stereocenters. The van der Waals surface area contributed by atoms with Crippen LogP contribution in [-0.2, 0) is 16.1 Å². The standard InChI is InChI=1S/C18H16O5/c1-3-13-9-14(17(20)22-2)10-15(16(13)19)18(21)23-11-12-7-5-4-6-8-12/h3-10,19H,1,11H2,2H3. The van der Waals surface area contributed by atoms with Crippen molar-refractivity contribution in [2.24, 2.45) is 0 Å². The number of hydrogen-bond donors (Lipinski definition) is 1. The molecular weight excluding hydrogens is 296 g/mol. The zero-order valence-corrected chi connectivity index (χ0v) is 12.6. The van der Waals surface area contributed by atoms with Crippen molar-refractivity contribution < 1.29 is 24.2 Å². The number of carbonyl (C=O) groups excluding carboxylic acids is 2. The van der Waals surface area contributed by atoms with Gasteiger partial charge in [0.1, 0.15) is 17.9 Å². The topological polar surface area (TPSA) is 72.8 Å². The zero-order valence-electron chi connectivity index (χ0n) is 12.6. The van der Waals surface area contributed by atoms with Crippen LogP contribution in [0.5, 0.6) is 5.75 Å². The summed E-state index contributed by atoms with van der Waals surface area (Å²) in [6, 6.07) is 11.8. The van der Waals surface area contributed by atoms with Crippen molar-refractivity contribution in [3.05, 3.63) is 71.3 Å². The van der Waals surface area contributed by atoms with Gasteiger partial charge in [0.15, 0.2) is 0 Å². The Bertz CT molecular complexity index is 735. The van der Waals surface area contributed by atoms with Crippen LogP contribution in [0, 0.1) is 0 Å². The molecule has 2 aromatic carbocycles. The lowest BCUT2D eigenvalue weighted by Gasteiger charge is -2.10. The van der Waals surface area contributed by atoms with E-state index in [0.717, 1.165) is 5.56 Å². The lowest BCUT2D eigenvalue weighted by Crippen LogP contribution is -2.09. The van der Waals surface area contributed by atoms with Gasteiger partial charge in [-0.2, -0.15) is 0 Å². The van der Waals surface area contributed by atoms with Crippen LogP contribution in [0.2, 0.25) is 0 Å². The second kappa shape index (κ2) is 7.26. The summed E-state index contributed by atoms with van der Waals surface area (Å²) in [5, 5.41) is 10.1. The van der Waals surface area contributed by atoms with E-state index < -0.39 is 11.9 Å². The molecule has 5 heteroatoms. The van der Waals surface area contributed by atoms with Crippen LogP contribution >= 0.6 is 0 Å². The quantitative estimate of drug-likeness (QED) is 0.858. The Morgan fingerprint density at radius 3 is 2.48 bits per heavy atom. The number of aromatic hydroxyl groups is 1. The van der Waals surface area contributed by atoms with Crippen LogP contribution in [0.1, 0.15) is 31.8 Å². The zero-order chi connectivity index (χ0) is 16.8. The average molecular weight is 312 g/mol. The van der Waals surface area contributed by atoms with Gasteiger partial charge in [-0.05, 0) is 17.7 Å². The molecule has 1 N–H and O–H groups in total. The van der Waals surface area contributed by atoms with Gasteiger partial charge in [0.25, 0.3) is 0 Å². The van der Waals surface area contributed by atoms with E-state index in [4.69, 9.17) is 4.74 Å². The highest BCUT2D eigenvalue weighted by molar-refractivity contribution is 5.99. The molecule has 0 aliphatic heterocycles. The number of esters is 2. The monoisotopic (exact) mass is 312 g/mol. The fourth-order valence-corrected chi connectivity index (χ4v) is 2.00. The molecule has 2 rings (SSSR count). The smallest absolute Gasteiger partial charge is 0.342 e. The van der Waals surface area contributed by atoms with Gasteiger partial charge in [-0.3, -0.25) is 0 Å². The Kier molecular flexibility index (Phi) is 5.15. The Morgan fingerprint density at radius 1 is 1.17 bits per heavy atom. The highest BCUT2D eigenvalue weighted by atomic mass is 16.5. The van der Waals surface area contributed by atoms with Gasteiger partial charge in [0.2, 0.25) is 0 Å². The predicted octanol–water partition coefficient (Wildman–Crippen LogP) is 3.18. The molecular formula is C18H16O5. The lowest BCUT2D eigenvalue weighted by atomic mass is 10.0. The number of phenols is 1. The molecule has 5 nitrogen and oxygen atoms in total. The first-order chi connectivity index (χ1) is 11.1. The van der Waals surface area contributed by atoms with E-state index >= 15 is 0 Å². The molecule has 0 heterocycles. The number of carbonyl (C=O) groups is 2. The summed E-state index contributed by atoms with van der Waals surface area (Å²) in [6.45, 7) is 3.61. The summed E-state index contributed by atoms with van der Waals surface area (Å²) in [4.78, 5) is 23.9. The van der Waals surface area contributed by atoms with E-state index in [1.807, 2.05) is 30.3 Å². The summed E-state index contributed by atoms with van der Waals surface area (Å²) < 4.78 is 9.81. The molecule has 0 unspecified atom stereocenters. The Morgan fingerprint density at radius 2 is 1.87 bits per heavy atom. The number of hydrogen-bond acceptors (Lipinski definition) is 5. The molecule has 0 amide bonds. The van der Waals surface area contributed by atoms with E-state index in [9.17, 15) is 14.7 Å². The lowest BCUT2D eigenvalue weighted by molar-refractivity contribution is 0.0469. The summed E-state index contributed by atoms with van der Waals surface area (Å²) in [7, 11) is 1.23. The minimum Gasteiger partial charge on any atom is -0.506 e. The largest absolute Gasteiger partial charge is 0.506 e. The van der Waals surface area contributed by atoms with E-state index in [2.05, 4.69) is 11.3 Å². The van der Waals surface area contributed by atoms with Crippen molar-refractivity contribution in [3.8, 4) is 5.75 Å². The van der Waals surface area contributed by atoms with E-state index in [0.29, 0.717) is 0 Å². The van der Waals surface area contributed by atoms with Crippen LogP contribution < -0.4 is 0 Å². The number of methoxy groups -OCH3 is 1. The molecule has 0 fully saturated rings. The third kappa shape index (κ3) is 3.77. The van der Waals surface area contributed by atoms with E-state index in [-0.39, 0.29) is 29.0 Å². The van der Waals surface area contributed by atoms with Gasteiger partial charge in [-0.1, -0.05) is 43.0 Å². The maximum Gasteiger partial charge on any atom is 0.342 e.